The average Bonchev–Trinajstić information content (AvgIpc) is 2.85. The van der Waals surface area contributed by atoms with Gasteiger partial charge in [0.25, 0.3) is 5.91 Å². The fraction of sp³-hybridized carbons (Fsp3) is 0.192. The number of hydrogen-bond acceptors (Lipinski definition) is 5. The molecule has 7 heteroatoms. The Morgan fingerprint density at radius 3 is 2.61 bits per heavy atom. The molecule has 2 aromatic heterocycles. The minimum absolute atomic E-state index is 0.320. The highest BCUT2D eigenvalue weighted by atomic mass is 19.1. The summed E-state index contributed by atoms with van der Waals surface area (Å²) in [5, 5.41) is 3.45. The lowest BCUT2D eigenvalue weighted by Crippen LogP contribution is -2.35. The van der Waals surface area contributed by atoms with E-state index in [1.165, 1.54) is 12.1 Å². The van der Waals surface area contributed by atoms with Crippen LogP contribution in [0, 0.1) is 5.82 Å². The van der Waals surface area contributed by atoms with Crippen molar-refractivity contribution in [3.63, 3.8) is 0 Å². The van der Waals surface area contributed by atoms with Crippen LogP contribution >= 0.6 is 0 Å². The van der Waals surface area contributed by atoms with Gasteiger partial charge in [-0.2, -0.15) is 0 Å². The number of morpholine rings is 1. The number of ether oxygens (including phenoxy) is 1. The maximum atomic E-state index is 13.9. The summed E-state index contributed by atoms with van der Waals surface area (Å²) in [6, 6.07) is 19.3. The predicted molar refractivity (Wildman–Crippen MR) is 125 cm³/mol. The topological polar surface area (TPSA) is 67.4 Å². The van der Waals surface area contributed by atoms with E-state index < -0.39 is 5.82 Å². The molecule has 1 N–H and O–H groups in total. The van der Waals surface area contributed by atoms with Gasteiger partial charge in [-0.1, -0.05) is 36.4 Å². The maximum Gasteiger partial charge on any atom is 0.257 e. The number of rotatable bonds is 5. The van der Waals surface area contributed by atoms with Gasteiger partial charge in [-0.05, 0) is 29.8 Å². The number of benzene rings is 2. The number of nitrogens with zero attached hydrogens (tertiary/aromatic N) is 3. The molecule has 0 bridgehead atoms. The molecule has 1 saturated heterocycles. The van der Waals surface area contributed by atoms with Crippen molar-refractivity contribution in [3.05, 3.63) is 89.9 Å². The fourth-order valence-electron chi connectivity index (χ4n) is 3.94. The SMILES string of the molecule is O=C(Nc1ccc(CN2CCOCC2)cn1)c1cc(-c2ccccc2)nc2cc(F)ccc12. The molecule has 1 fully saturated rings. The molecule has 0 spiro atoms. The van der Waals surface area contributed by atoms with E-state index in [1.54, 1.807) is 24.4 Å². The molecule has 0 unspecified atom stereocenters. The molecule has 1 aliphatic heterocycles. The van der Waals surface area contributed by atoms with Gasteiger partial charge in [0.05, 0.1) is 30.0 Å². The van der Waals surface area contributed by atoms with Gasteiger partial charge in [0.15, 0.2) is 0 Å². The molecule has 5 rings (SSSR count). The Morgan fingerprint density at radius 2 is 1.85 bits per heavy atom. The van der Waals surface area contributed by atoms with Crippen LogP contribution in [0.15, 0.2) is 72.9 Å². The molecule has 1 amide bonds. The molecule has 0 aliphatic carbocycles. The molecular weight excluding hydrogens is 419 g/mol. The van der Waals surface area contributed by atoms with Gasteiger partial charge in [0, 0.05) is 42.8 Å². The van der Waals surface area contributed by atoms with Crippen molar-refractivity contribution in [1.82, 2.24) is 14.9 Å². The summed E-state index contributed by atoms with van der Waals surface area (Å²) in [5.41, 5.74) is 3.37. The van der Waals surface area contributed by atoms with Crippen molar-refractivity contribution in [2.75, 3.05) is 31.6 Å². The largest absolute Gasteiger partial charge is 0.379 e. The molecule has 0 radical (unpaired) electrons. The normalized spacial score (nSPS) is 14.3. The lowest BCUT2D eigenvalue weighted by atomic mass is 10.0. The van der Waals surface area contributed by atoms with Crippen LogP contribution in [-0.4, -0.2) is 47.1 Å². The number of pyridine rings is 2. The highest BCUT2D eigenvalue weighted by Gasteiger charge is 2.16. The Kier molecular flexibility index (Phi) is 6.06. The van der Waals surface area contributed by atoms with Crippen molar-refractivity contribution in [2.45, 2.75) is 6.54 Å². The highest BCUT2D eigenvalue weighted by Crippen LogP contribution is 2.26. The minimum Gasteiger partial charge on any atom is -0.379 e. The minimum atomic E-state index is -0.399. The van der Waals surface area contributed by atoms with Gasteiger partial charge in [-0.15, -0.1) is 0 Å². The summed E-state index contributed by atoms with van der Waals surface area (Å²) >= 11 is 0. The molecular formula is C26H23FN4O2. The maximum absolute atomic E-state index is 13.9. The Labute approximate surface area is 191 Å². The smallest absolute Gasteiger partial charge is 0.257 e. The lowest BCUT2D eigenvalue weighted by molar-refractivity contribution is 0.0341. The van der Waals surface area contributed by atoms with Crippen molar-refractivity contribution in [3.8, 4) is 11.3 Å². The molecule has 0 atom stereocenters. The van der Waals surface area contributed by atoms with Crippen molar-refractivity contribution in [2.24, 2.45) is 0 Å². The van der Waals surface area contributed by atoms with Gasteiger partial charge in [0.2, 0.25) is 0 Å². The first-order chi connectivity index (χ1) is 16.2. The number of carbonyl (C=O) groups is 1. The van der Waals surface area contributed by atoms with Gasteiger partial charge < -0.3 is 10.1 Å². The number of aromatic nitrogens is 2. The average molecular weight is 442 g/mol. The number of anilines is 1. The Balaban J connectivity index is 1.40. The standard InChI is InChI=1S/C26H23FN4O2/c27-20-7-8-21-22(15-23(29-24(21)14-20)19-4-2-1-3-5-19)26(32)30-25-9-6-18(16-28-25)17-31-10-12-33-13-11-31/h1-9,14-16H,10-13,17H2,(H,28,30,32). The van der Waals surface area contributed by atoms with Crippen LogP contribution in [0.25, 0.3) is 22.2 Å². The second kappa shape index (κ2) is 9.44. The number of hydrogen-bond donors (Lipinski definition) is 1. The first kappa shape index (κ1) is 21.2. The number of amides is 1. The van der Waals surface area contributed by atoms with Crippen LogP contribution in [0.4, 0.5) is 10.2 Å². The quantitative estimate of drug-likeness (QED) is 0.492. The van der Waals surface area contributed by atoms with E-state index in [2.05, 4.69) is 20.2 Å². The fourth-order valence-corrected chi connectivity index (χ4v) is 3.94. The van der Waals surface area contributed by atoms with E-state index in [-0.39, 0.29) is 5.91 Å². The van der Waals surface area contributed by atoms with E-state index in [4.69, 9.17) is 4.74 Å². The zero-order valence-electron chi connectivity index (χ0n) is 18.0. The number of carbonyl (C=O) groups excluding carboxylic acids is 1. The third-order valence-electron chi connectivity index (χ3n) is 5.66. The second-order valence-electron chi connectivity index (χ2n) is 7.98. The van der Waals surface area contributed by atoms with Gasteiger partial charge in [-0.25, -0.2) is 14.4 Å². The summed E-state index contributed by atoms with van der Waals surface area (Å²) in [7, 11) is 0. The Bertz CT molecular complexity index is 1270. The summed E-state index contributed by atoms with van der Waals surface area (Å²) in [6.45, 7) is 4.09. The molecule has 6 nitrogen and oxygen atoms in total. The molecule has 1 aliphatic rings. The van der Waals surface area contributed by atoms with Crippen LogP contribution in [0.5, 0.6) is 0 Å². The van der Waals surface area contributed by atoms with Crippen LogP contribution in [0.3, 0.4) is 0 Å². The number of nitrogens with one attached hydrogen (secondary N) is 1. The van der Waals surface area contributed by atoms with Crippen LogP contribution in [-0.2, 0) is 11.3 Å². The van der Waals surface area contributed by atoms with Crippen molar-refractivity contribution < 1.29 is 13.9 Å². The van der Waals surface area contributed by atoms with Gasteiger partial charge in [0.1, 0.15) is 11.6 Å². The first-order valence-corrected chi connectivity index (χ1v) is 10.9. The van der Waals surface area contributed by atoms with Crippen molar-refractivity contribution >= 4 is 22.6 Å². The van der Waals surface area contributed by atoms with Gasteiger partial charge in [-0.3, -0.25) is 9.69 Å². The predicted octanol–water partition coefficient (Wildman–Crippen LogP) is 4.52. The Hall–Kier alpha value is -3.68. The van der Waals surface area contributed by atoms with Crippen LogP contribution in [0.2, 0.25) is 0 Å². The Morgan fingerprint density at radius 1 is 1.03 bits per heavy atom. The van der Waals surface area contributed by atoms with Crippen LogP contribution in [0.1, 0.15) is 15.9 Å². The zero-order valence-corrected chi connectivity index (χ0v) is 18.0. The summed E-state index contributed by atoms with van der Waals surface area (Å²) < 4.78 is 19.3. The molecule has 4 aromatic rings. The third kappa shape index (κ3) is 4.89. The molecule has 2 aromatic carbocycles. The summed E-state index contributed by atoms with van der Waals surface area (Å²) in [6.07, 6.45) is 1.78. The molecule has 0 saturated carbocycles. The number of halogens is 1. The van der Waals surface area contributed by atoms with Gasteiger partial charge >= 0.3 is 0 Å². The van der Waals surface area contributed by atoms with E-state index in [0.717, 1.165) is 44.0 Å². The highest BCUT2D eigenvalue weighted by molar-refractivity contribution is 6.12. The molecule has 166 valence electrons. The molecule has 3 heterocycles. The summed E-state index contributed by atoms with van der Waals surface area (Å²) in [5.74, 6) is -0.261. The van der Waals surface area contributed by atoms with Crippen LogP contribution < -0.4 is 5.32 Å². The van der Waals surface area contributed by atoms with E-state index >= 15 is 0 Å². The monoisotopic (exact) mass is 442 g/mol. The third-order valence-corrected chi connectivity index (χ3v) is 5.66. The molecule has 33 heavy (non-hydrogen) atoms. The summed E-state index contributed by atoms with van der Waals surface area (Å²) in [4.78, 5) is 24.5. The van der Waals surface area contributed by atoms with E-state index in [1.807, 2.05) is 36.4 Å². The lowest BCUT2D eigenvalue weighted by Gasteiger charge is -2.26. The number of fused-ring (bicyclic) bond motifs is 1. The zero-order chi connectivity index (χ0) is 22.6. The van der Waals surface area contributed by atoms with E-state index in [9.17, 15) is 9.18 Å². The first-order valence-electron chi connectivity index (χ1n) is 10.9. The second-order valence-corrected chi connectivity index (χ2v) is 7.98. The van der Waals surface area contributed by atoms with Crippen molar-refractivity contribution in [1.29, 1.82) is 0 Å². The van der Waals surface area contributed by atoms with E-state index in [0.29, 0.717) is 28.0 Å².